The Kier molecular flexibility index (Phi) is 5.78. The molecule has 0 radical (unpaired) electrons. The molecular weight excluding hydrogens is 250 g/mol. The van der Waals surface area contributed by atoms with E-state index in [1.165, 1.54) is 0 Å². The smallest absolute Gasteiger partial charge is 0.211 e. The van der Waals surface area contributed by atoms with Gasteiger partial charge in [-0.25, -0.2) is 13.1 Å². The molecule has 2 N–H and O–H groups in total. The van der Waals surface area contributed by atoms with Crippen molar-refractivity contribution in [3.05, 3.63) is 35.4 Å². The van der Waals surface area contributed by atoms with Crippen LogP contribution in [0, 0.1) is 5.92 Å². The molecule has 0 heterocycles. The lowest BCUT2D eigenvalue weighted by Crippen LogP contribution is -2.26. The normalized spacial score (nSPS) is 12.0. The van der Waals surface area contributed by atoms with Gasteiger partial charge in [0, 0.05) is 6.54 Å². The highest BCUT2D eigenvalue weighted by molar-refractivity contribution is 7.89. The lowest BCUT2D eigenvalue weighted by Gasteiger charge is -2.08. The third-order valence-electron chi connectivity index (χ3n) is 2.67. The number of aliphatic hydroxyl groups excluding tert-OH is 1. The summed E-state index contributed by atoms with van der Waals surface area (Å²) >= 11 is 0. The number of sulfonamides is 1. The molecule has 0 aliphatic carbocycles. The van der Waals surface area contributed by atoms with Gasteiger partial charge in [0.1, 0.15) is 0 Å². The molecule has 1 aromatic carbocycles. The van der Waals surface area contributed by atoms with Gasteiger partial charge in [-0.2, -0.15) is 0 Å². The van der Waals surface area contributed by atoms with Crippen LogP contribution in [-0.2, 0) is 23.2 Å². The lowest BCUT2D eigenvalue weighted by atomic mass is 10.1. The van der Waals surface area contributed by atoms with Gasteiger partial charge >= 0.3 is 0 Å². The fourth-order valence-electron chi connectivity index (χ4n) is 1.42. The van der Waals surface area contributed by atoms with E-state index in [1.54, 1.807) is 12.1 Å². The SMILES string of the molecule is CC(C)CCS(=O)(=O)NCc1ccc(CO)cc1. The molecule has 0 saturated heterocycles. The van der Waals surface area contributed by atoms with Crippen molar-refractivity contribution in [2.75, 3.05) is 5.75 Å². The molecule has 18 heavy (non-hydrogen) atoms. The average Bonchev–Trinajstić information content (AvgIpc) is 2.35. The predicted molar refractivity (Wildman–Crippen MR) is 72.4 cm³/mol. The van der Waals surface area contributed by atoms with Gasteiger partial charge in [0.05, 0.1) is 12.4 Å². The number of hydrogen-bond acceptors (Lipinski definition) is 3. The summed E-state index contributed by atoms with van der Waals surface area (Å²) < 4.78 is 25.9. The summed E-state index contributed by atoms with van der Waals surface area (Å²) in [6.45, 7) is 4.30. The summed E-state index contributed by atoms with van der Waals surface area (Å²) in [5, 5.41) is 8.90. The minimum Gasteiger partial charge on any atom is -0.392 e. The van der Waals surface area contributed by atoms with Crippen LogP contribution in [0.2, 0.25) is 0 Å². The lowest BCUT2D eigenvalue weighted by molar-refractivity contribution is 0.282. The number of hydrogen-bond donors (Lipinski definition) is 2. The fraction of sp³-hybridized carbons (Fsp3) is 0.538. The van der Waals surface area contributed by atoms with Crippen LogP contribution in [0.5, 0.6) is 0 Å². The molecule has 0 aliphatic heterocycles. The van der Waals surface area contributed by atoms with E-state index < -0.39 is 10.0 Å². The molecule has 0 fully saturated rings. The first-order valence-electron chi connectivity index (χ1n) is 6.09. The van der Waals surface area contributed by atoms with Crippen molar-refractivity contribution in [3.63, 3.8) is 0 Å². The Morgan fingerprint density at radius 3 is 2.22 bits per heavy atom. The first-order valence-corrected chi connectivity index (χ1v) is 7.74. The zero-order valence-electron chi connectivity index (χ0n) is 10.9. The summed E-state index contributed by atoms with van der Waals surface area (Å²) in [4.78, 5) is 0. The van der Waals surface area contributed by atoms with E-state index in [9.17, 15) is 8.42 Å². The van der Waals surface area contributed by atoms with Gasteiger partial charge in [0.15, 0.2) is 0 Å². The molecule has 102 valence electrons. The summed E-state index contributed by atoms with van der Waals surface area (Å²) in [6, 6.07) is 7.21. The van der Waals surface area contributed by atoms with Crippen molar-refractivity contribution in [2.45, 2.75) is 33.4 Å². The van der Waals surface area contributed by atoms with E-state index in [-0.39, 0.29) is 12.4 Å². The highest BCUT2D eigenvalue weighted by atomic mass is 32.2. The largest absolute Gasteiger partial charge is 0.392 e. The van der Waals surface area contributed by atoms with Gasteiger partial charge in [-0.15, -0.1) is 0 Å². The van der Waals surface area contributed by atoms with Crippen molar-refractivity contribution >= 4 is 10.0 Å². The van der Waals surface area contributed by atoms with Crippen LogP contribution in [0.3, 0.4) is 0 Å². The second-order valence-electron chi connectivity index (χ2n) is 4.80. The average molecular weight is 271 g/mol. The van der Waals surface area contributed by atoms with Crippen LogP contribution in [0.25, 0.3) is 0 Å². The predicted octanol–water partition coefficient (Wildman–Crippen LogP) is 1.64. The maximum atomic E-state index is 11.7. The van der Waals surface area contributed by atoms with E-state index in [0.29, 0.717) is 18.9 Å². The summed E-state index contributed by atoms with van der Waals surface area (Å²) in [7, 11) is -3.19. The molecule has 0 aliphatic rings. The zero-order chi connectivity index (χ0) is 13.6. The van der Waals surface area contributed by atoms with Gasteiger partial charge in [-0.1, -0.05) is 38.1 Å². The van der Waals surface area contributed by atoms with Gasteiger partial charge in [-0.3, -0.25) is 0 Å². The van der Waals surface area contributed by atoms with Crippen LogP contribution in [0.4, 0.5) is 0 Å². The molecule has 0 atom stereocenters. The number of aliphatic hydroxyl groups is 1. The Hall–Kier alpha value is -0.910. The molecule has 1 rings (SSSR count). The van der Waals surface area contributed by atoms with Crippen molar-refractivity contribution in [1.29, 1.82) is 0 Å². The van der Waals surface area contributed by atoms with Gasteiger partial charge in [-0.05, 0) is 23.5 Å². The highest BCUT2D eigenvalue weighted by Crippen LogP contribution is 2.06. The van der Waals surface area contributed by atoms with Crippen molar-refractivity contribution in [1.82, 2.24) is 4.72 Å². The summed E-state index contributed by atoms with van der Waals surface area (Å²) in [5.74, 6) is 0.546. The first kappa shape index (κ1) is 15.1. The molecule has 0 bridgehead atoms. The minimum atomic E-state index is -3.19. The molecule has 0 amide bonds. The van der Waals surface area contributed by atoms with E-state index >= 15 is 0 Å². The quantitative estimate of drug-likeness (QED) is 0.792. The molecule has 0 unspecified atom stereocenters. The van der Waals surface area contributed by atoms with Crippen LogP contribution in [-0.4, -0.2) is 19.3 Å². The maximum Gasteiger partial charge on any atom is 0.211 e. The highest BCUT2D eigenvalue weighted by Gasteiger charge is 2.10. The Bertz CT molecular complexity index is 452. The van der Waals surface area contributed by atoms with Crippen molar-refractivity contribution in [2.24, 2.45) is 5.92 Å². The third-order valence-corrected chi connectivity index (χ3v) is 4.02. The fourth-order valence-corrected chi connectivity index (χ4v) is 2.73. The molecule has 1 aromatic rings. The van der Waals surface area contributed by atoms with Gasteiger partial charge < -0.3 is 5.11 Å². The van der Waals surface area contributed by atoms with Crippen LogP contribution in [0.1, 0.15) is 31.4 Å². The van der Waals surface area contributed by atoms with Crippen LogP contribution in [0.15, 0.2) is 24.3 Å². The van der Waals surface area contributed by atoms with E-state index in [2.05, 4.69) is 4.72 Å². The monoisotopic (exact) mass is 271 g/mol. The van der Waals surface area contributed by atoms with E-state index in [0.717, 1.165) is 11.1 Å². The zero-order valence-corrected chi connectivity index (χ0v) is 11.7. The van der Waals surface area contributed by atoms with Crippen LogP contribution >= 0.6 is 0 Å². The summed E-state index contributed by atoms with van der Waals surface area (Å²) in [6.07, 6.45) is 0.665. The molecule has 0 spiro atoms. The second-order valence-corrected chi connectivity index (χ2v) is 6.72. The first-order chi connectivity index (χ1) is 8.43. The van der Waals surface area contributed by atoms with Crippen molar-refractivity contribution < 1.29 is 13.5 Å². The standard InChI is InChI=1S/C13H21NO3S/c1-11(2)7-8-18(16,17)14-9-12-3-5-13(10-15)6-4-12/h3-6,11,14-15H,7-10H2,1-2H3. The Morgan fingerprint density at radius 1 is 1.17 bits per heavy atom. The van der Waals surface area contributed by atoms with Gasteiger partial charge in [0.25, 0.3) is 0 Å². The van der Waals surface area contributed by atoms with Crippen LogP contribution < -0.4 is 4.72 Å². The molecular formula is C13H21NO3S. The van der Waals surface area contributed by atoms with Gasteiger partial charge in [0.2, 0.25) is 10.0 Å². The van der Waals surface area contributed by atoms with E-state index in [1.807, 2.05) is 26.0 Å². The van der Waals surface area contributed by atoms with Crippen molar-refractivity contribution in [3.8, 4) is 0 Å². The molecule has 4 nitrogen and oxygen atoms in total. The Balaban J connectivity index is 2.48. The Labute approximate surface area is 109 Å². The number of nitrogens with one attached hydrogen (secondary N) is 1. The topological polar surface area (TPSA) is 66.4 Å². The van der Waals surface area contributed by atoms with E-state index in [4.69, 9.17) is 5.11 Å². The Morgan fingerprint density at radius 2 is 1.72 bits per heavy atom. The maximum absolute atomic E-state index is 11.7. The minimum absolute atomic E-state index is 0.000392. The number of rotatable bonds is 7. The molecule has 0 saturated carbocycles. The molecule has 5 heteroatoms. The second kappa shape index (κ2) is 6.87. The molecule has 0 aromatic heterocycles. The third kappa shape index (κ3) is 5.62. The summed E-state index contributed by atoms with van der Waals surface area (Å²) in [5.41, 5.74) is 1.71. The number of benzene rings is 1.